The van der Waals surface area contributed by atoms with E-state index in [2.05, 4.69) is 4.90 Å². The molecule has 0 spiro atoms. The van der Waals surface area contributed by atoms with Gasteiger partial charge in [-0.2, -0.15) is 0 Å². The van der Waals surface area contributed by atoms with Crippen LogP contribution in [0.25, 0.3) is 0 Å². The molecule has 0 aromatic heterocycles. The molecule has 0 heterocycles. The Morgan fingerprint density at radius 3 is 2.67 bits per heavy atom. The van der Waals surface area contributed by atoms with Crippen LogP contribution in [0.15, 0.2) is 18.2 Å². The third kappa shape index (κ3) is 1.97. The number of rotatable bonds is 3. The molecule has 0 saturated heterocycles. The third-order valence-corrected chi connectivity index (χ3v) is 2.92. The number of hydrogen-bond donors (Lipinski definition) is 1. The van der Waals surface area contributed by atoms with Gasteiger partial charge in [-0.05, 0) is 31.9 Å². The summed E-state index contributed by atoms with van der Waals surface area (Å²) in [6.07, 6.45) is 1.56. The molecular formula is C12H16FNO. The maximum absolute atomic E-state index is 13.6. The van der Waals surface area contributed by atoms with E-state index in [1.54, 1.807) is 13.0 Å². The largest absolute Gasteiger partial charge is 0.389 e. The molecule has 1 saturated carbocycles. The monoisotopic (exact) mass is 209 g/mol. The van der Waals surface area contributed by atoms with Gasteiger partial charge in [0.25, 0.3) is 0 Å². The van der Waals surface area contributed by atoms with E-state index >= 15 is 0 Å². The second-order valence-electron chi connectivity index (χ2n) is 4.19. The first-order valence-electron chi connectivity index (χ1n) is 5.30. The van der Waals surface area contributed by atoms with Gasteiger partial charge >= 0.3 is 0 Å². The zero-order chi connectivity index (χ0) is 11.0. The highest BCUT2D eigenvalue weighted by molar-refractivity contribution is 5.56. The van der Waals surface area contributed by atoms with Crippen LogP contribution in [0, 0.1) is 5.82 Å². The van der Waals surface area contributed by atoms with Gasteiger partial charge in [-0.15, -0.1) is 0 Å². The van der Waals surface area contributed by atoms with Gasteiger partial charge in [0.2, 0.25) is 0 Å². The highest BCUT2D eigenvalue weighted by Gasteiger charge is 2.29. The highest BCUT2D eigenvalue weighted by Crippen LogP contribution is 2.35. The van der Waals surface area contributed by atoms with Crippen LogP contribution >= 0.6 is 0 Å². The summed E-state index contributed by atoms with van der Waals surface area (Å²) in [4.78, 5) is 2.06. The molecule has 0 amide bonds. The Bertz CT molecular complexity index is 361. The first-order valence-corrected chi connectivity index (χ1v) is 5.30. The summed E-state index contributed by atoms with van der Waals surface area (Å²) in [5, 5.41) is 9.57. The Balaban J connectivity index is 2.40. The summed E-state index contributed by atoms with van der Waals surface area (Å²) < 4.78 is 13.6. The molecule has 0 aliphatic heterocycles. The molecule has 1 fully saturated rings. The maximum Gasteiger partial charge on any atom is 0.131 e. The lowest BCUT2D eigenvalue weighted by Gasteiger charge is -2.23. The molecule has 1 aromatic rings. The molecule has 82 valence electrons. The molecule has 3 heteroatoms. The minimum absolute atomic E-state index is 0.324. The fraction of sp³-hybridized carbons (Fsp3) is 0.500. The summed E-state index contributed by atoms with van der Waals surface area (Å²) in [7, 11) is 1.96. The zero-order valence-corrected chi connectivity index (χ0v) is 9.07. The lowest BCUT2D eigenvalue weighted by Crippen LogP contribution is -2.22. The number of aliphatic hydroxyl groups is 1. The van der Waals surface area contributed by atoms with Crippen LogP contribution in [0.2, 0.25) is 0 Å². The van der Waals surface area contributed by atoms with E-state index in [1.165, 1.54) is 6.07 Å². The van der Waals surface area contributed by atoms with Crippen LogP contribution in [0.4, 0.5) is 10.1 Å². The Morgan fingerprint density at radius 2 is 2.13 bits per heavy atom. The summed E-state index contributed by atoms with van der Waals surface area (Å²) >= 11 is 0. The van der Waals surface area contributed by atoms with E-state index in [9.17, 15) is 9.50 Å². The first kappa shape index (κ1) is 10.4. The van der Waals surface area contributed by atoms with Crippen molar-refractivity contribution in [3.63, 3.8) is 0 Å². The topological polar surface area (TPSA) is 23.5 Å². The van der Waals surface area contributed by atoms with Gasteiger partial charge in [-0.3, -0.25) is 0 Å². The lowest BCUT2D eigenvalue weighted by atomic mass is 10.1. The molecule has 0 radical (unpaired) electrons. The van der Waals surface area contributed by atoms with Gasteiger partial charge in [-0.1, -0.05) is 6.07 Å². The van der Waals surface area contributed by atoms with Crippen molar-refractivity contribution in [2.24, 2.45) is 0 Å². The van der Waals surface area contributed by atoms with Crippen LogP contribution in [-0.2, 0) is 0 Å². The van der Waals surface area contributed by atoms with Gasteiger partial charge < -0.3 is 10.0 Å². The number of benzene rings is 1. The molecule has 2 nitrogen and oxygen atoms in total. The Hall–Kier alpha value is -1.09. The third-order valence-electron chi connectivity index (χ3n) is 2.92. The smallest absolute Gasteiger partial charge is 0.131 e. The molecule has 1 aliphatic rings. The van der Waals surface area contributed by atoms with Crippen molar-refractivity contribution in [1.82, 2.24) is 0 Å². The average Bonchev–Trinajstić information content (AvgIpc) is 2.98. The zero-order valence-electron chi connectivity index (χ0n) is 9.07. The SMILES string of the molecule is C[C@@H](O)c1c(F)cccc1N(C)C1CC1. The van der Waals surface area contributed by atoms with Gasteiger partial charge in [0.15, 0.2) is 0 Å². The second kappa shape index (κ2) is 3.81. The van der Waals surface area contributed by atoms with Gasteiger partial charge in [0, 0.05) is 24.3 Å². The molecule has 1 aromatic carbocycles. The van der Waals surface area contributed by atoms with Crippen LogP contribution in [-0.4, -0.2) is 18.2 Å². The van der Waals surface area contributed by atoms with E-state index < -0.39 is 6.10 Å². The molecule has 15 heavy (non-hydrogen) atoms. The molecule has 2 rings (SSSR count). The molecular weight excluding hydrogens is 193 g/mol. The molecule has 1 atom stereocenters. The van der Waals surface area contributed by atoms with E-state index in [0.29, 0.717) is 11.6 Å². The predicted octanol–water partition coefficient (Wildman–Crippen LogP) is 2.48. The lowest BCUT2D eigenvalue weighted by molar-refractivity contribution is 0.194. The second-order valence-corrected chi connectivity index (χ2v) is 4.19. The number of aliphatic hydroxyl groups excluding tert-OH is 1. The van der Waals surface area contributed by atoms with E-state index in [1.807, 2.05) is 13.1 Å². The summed E-state index contributed by atoms with van der Waals surface area (Å²) in [5.74, 6) is -0.324. The normalized spacial score (nSPS) is 17.6. The number of hydrogen-bond acceptors (Lipinski definition) is 2. The standard InChI is InChI=1S/C12H16FNO/c1-8(15)12-10(13)4-3-5-11(12)14(2)9-6-7-9/h3-5,8-9,15H,6-7H2,1-2H3/t8-/m1/s1. The quantitative estimate of drug-likeness (QED) is 0.826. The number of anilines is 1. The number of nitrogens with zero attached hydrogens (tertiary/aromatic N) is 1. The molecule has 0 unspecified atom stereocenters. The van der Waals surface area contributed by atoms with Gasteiger partial charge in [0.05, 0.1) is 6.10 Å². The van der Waals surface area contributed by atoms with Crippen LogP contribution in [0.3, 0.4) is 0 Å². The minimum atomic E-state index is -0.762. The summed E-state index contributed by atoms with van der Waals surface area (Å²) in [6.45, 7) is 1.60. The van der Waals surface area contributed by atoms with Crippen molar-refractivity contribution in [3.8, 4) is 0 Å². The van der Waals surface area contributed by atoms with Crippen LogP contribution in [0.1, 0.15) is 31.4 Å². The van der Waals surface area contributed by atoms with E-state index in [4.69, 9.17) is 0 Å². The van der Waals surface area contributed by atoms with Crippen molar-refractivity contribution in [1.29, 1.82) is 0 Å². The Labute approximate surface area is 89.3 Å². The Morgan fingerprint density at radius 1 is 1.47 bits per heavy atom. The van der Waals surface area contributed by atoms with E-state index in [-0.39, 0.29) is 5.82 Å². The molecule has 0 bridgehead atoms. The van der Waals surface area contributed by atoms with Gasteiger partial charge in [-0.25, -0.2) is 4.39 Å². The van der Waals surface area contributed by atoms with Crippen molar-refractivity contribution in [3.05, 3.63) is 29.6 Å². The average molecular weight is 209 g/mol. The Kier molecular flexibility index (Phi) is 2.65. The van der Waals surface area contributed by atoms with Crippen LogP contribution < -0.4 is 4.90 Å². The predicted molar refractivity (Wildman–Crippen MR) is 58.5 cm³/mol. The summed E-state index contributed by atoms with van der Waals surface area (Å²) in [5.41, 5.74) is 1.22. The maximum atomic E-state index is 13.6. The molecule has 1 N–H and O–H groups in total. The van der Waals surface area contributed by atoms with Crippen molar-refractivity contribution < 1.29 is 9.50 Å². The van der Waals surface area contributed by atoms with Gasteiger partial charge in [0.1, 0.15) is 5.82 Å². The van der Waals surface area contributed by atoms with Crippen molar-refractivity contribution >= 4 is 5.69 Å². The first-order chi connectivity index (χ1) is 7.11. The number of halogens is 1. The highest BCUT2D eigenvalue weighted by atomic mass is 19.1. The minimum Gasteiger partial charge on any atom is -0.389 e. The molecule has 1 aliphatic carbocycles. The fourth-order valence-corrected chi connectivity index (χ4v) is 1.91. The van der Waals surface area contributed by atoms with E-state index in [0.717, 1.165) is 18.5 Å². The summed E-state index contributed by atoms with van der Waals surface area (Å²) in [6, 6.07) is 5.47. The van der Waals surface area contributed by atoms with Crippen molar-refractivity contribution in [2.45, 2.75) is 31.9 Å². The van der Waals surface area contributed by atoms with Crippen molar-refractivity contribution in [2.75, 3.05) is 11.9 Å². The fourth-order valence-electron chi connectivity index (χ4n) is 1.91. The van der Waals surface area contributed by atoms with Crippen LogP contribution in [0.5, 0.6) is 0 Å².